The van der Waals surface area contributed by atoms with E-state index in [4.69, 9.17) is 9.47 Å². The minimum atomic E-state index is -0.260. The first-order chi connectivity index (χ1) is 15.5. The number of likely N-dealkylation sites (tertiary alicyclic amines) is 1. The Kier molecular flexibility index (Phi) is 6.99. The maximum Gasteiger partial charge on any atom is 0.259 e. The van der Waals surface area contributed by atoms with Gasteiger partial charge in [-0.1, -0.05) is 0 Å². The zero-order valence-corrected chi connectivity index (χ0v) is 18.7. The molecule has 2 aliphatic heterocycles. The molecule has 2 aliphatic rings. The Labute approximate surface area is 188 Å². The van der Waals surface area contributed by atoms with E-state index in [-0.39, 0.29) is 17.9 Å². The van der Waals surface area contributed by atoms with E-state index in [0.29, 0.717) is 36.0 Å². The normalized spacial score (nSPS) is 19.1. The SMILES string of the molecule is COc1ccc(NC(=O)c2cnc(C)nc2CC2CCN(C(=O)[C@H]3CCCO3)CC2)cc1. The molecular formula is C24H30N4O4. The van der Waals surface area contributed by atoms with Crippen LogP contribution in [0.2, 0.25) is 0 Å². The number of ether oxygens (including phenoxy) is 2. The van der Waals surface area contributed by atoms with Crippen molar-refractivity contribution in [3.8, 4) is 5.75 Å². The van der Waals surface area contributed by atoms with E-state index in [9.17, 15) is 9.59 Å². The summed E-state index contributed by atoms with van der Waals surface area (Å²) in [7, 11) is 1.60. The molecular weight excluding hydrogens is 408 g/mol. The summed E-state index contributed by atoms with van der Waals surface area (Å²) in [5, 5.41) is 2.92. The maximum atomic E-state index is 12.9. The molecule has 0 radical (unpaired) electrons. The Hall–Kier alpha value is -3.00. The largest absolute Gasteiger partial charge is 0.497 e. The topological polar surface area (TPSA) is 93.6 Å². The van der Waals surface area contributed by atoms with Crippen LogP contribution in [0, 0.1) is 12.8 Å². The highest BCUT2D eigenvalue weighted by Gasteiger charge is 2.31. The number of nitrogens with one attached hydrogen (secondary N) is 1. The number of hydrogen-bond acceptors (Lipinski definition) is 6. The monoisotopic (exact) mass is 438 g/mol. The van der Waals surface area contributed by atoms with Crippen LogP contribution in [0.15, 0.2) is 30.5 Å². The van der Waals surface area contributed by atoms with Gasteiger partial charge in [-0.05, 0) is 69.2 Å². The molecule has 3 heterocycles. The average molecular weight is 439 g/mol. The quantitative estimate of drug-likeness (QED) is 0.745. The Bertz CT molecular complexity index is 949. The second kappa shape index (κ2) is 10.1. The lowest BCUT2D eigenvalue weighted by atomic mass is 9.90. The van der Waals surface area contributed by atoms with Crippen LogP contribution >= 0.6 is 0 Å². The number of hydrogen-bond donors (Lipinski definition) is 1. The number of methoxy groups -OCH3 is 1. The standard InChI is InChI=1S/C24H30N4O4/c1-16-25-15-20(23(29)27-18-5-7-19(31-2)8-6-18)21(26-16)14-17-9-11-28(12-10-17)24(30)22-4-3-13-32-22/h5-8,15,17,22H,3-4,9-14H2,1-2H3,(H,27,29)/t22-/m1/s1. The minimum Gasteiger partial charge on any atom is -0.497 e. The number of amides is 2. The third-order valence-corrected chi connectivity index (χ3v) is 6.19. The molecule has 0 aliphatic carbocycles. The molecule has 8 heteroatoms. The van der Waals surface area contributed by atoms with Crippen molar-refractivity contribution in [1.82, 2.24) is 14.9 Å². The fourth-order valence-electron chi connectivity index (χ4n) is 4.34. The molecule has 1 atom stereocenters. The molecule has 170 valence electrons. The van der Waals surface area contributed by atoms with Gasteiger partial charge in [0.1, 0.15) is 17.7 Å². The van der Waals surface area contributed by atoms with Crippen molar-refractivity contribution in [3.05, 3.63) is 47.5 Å². The van der Waals surface area contributed by atoms with Gasteiger partial charge in [0.15, 0.2) is 0 Å². The summed E-state index contributed by atoms with van der Waals surface area (Å²) in [4.78, 5) is 36.3. The summed E-state index contributed by atoms with van der Waals surface area (Å²) in [6.07, 6.45) is 5.60. The van der Waals surface area contributed by atoms with Gasteiger partial charge < -0.3 is 19.7 Å². The lowest BCUT2D eigenvalue weighted by molar-refractivity contribution is -0.142. The summed E-state index contributed by atoms with van der Waals surface area (Å²) >= 11 is 0. The van der Waals surface area contributed by atoms with Crippen molar-refractivity contribution in [2.24, 2.45) is 5.92 Å². The van der Waals surface area contributed by atoms with Crippen LogP contribution in [0.3, 0.4) is 0 Å². The van der Waals surface area contributed by atoms with Gasteiger partial charge in [-0.25, -0.2) is 9.97 Å². The number of piperidine rings is 1. The predicted octanol–water partition coefficient (Wildman–Crippen LogP) is 3.01. The number of aromatic nitrogens is 2. The molecule has 0 spiro atoms. The molecule has 4 rings (SSSR count). The van der Waals surface area contributed by atoms with Crippen molar-refractivity contribution >= 4 is 17.5 Å². The van der Waals surface area contributed by atoms with E-state index >= 15 is 0 Å². The smallest absolute Gasteiger partial charge is 0.259 e. The molecule has 2 saturated heterocycles. The number of benzene rings is 1. The number of nitrogens with zero attached hydrogens (tertiary/aromatic N) is 3. The first-order valence-corrected chi connectivity index (χ1v) is 11.2. The number of carbonyl (C=O) groups excluding carboxylic acids is 2. The van der Waals surface area contributed by atoms with Gasteiger partial charge in [-0.15, -0.1) is 0 Å². The molecule has 0 unspecified atom stereocenters. The molecule has 1 N–H and O–H groups in total. The van der Waals surface area contributed by atoms with Crippen molar-refractivity contribution in [2.45, 2.75) is 45.1 Å². The van der Waals surface area contributed by atoms with E-state index in [1.807, 2.05) is 11.8 Å². The Balaban J connectivity index is 1.39. The van der Waals surface area contributed by atoms with Crippen molar-refractivity contribution < 1.29 is 19.1 Å². The summed E-state index contributed by atoms with van der Waals surface area (Å²) in [6, 6.07) is 7.19. The van der Waals surface area contributed by atoms with Gasteiger partial charge in [0.05, 0.1) is 18.4 Å². The molecule has 1 aromatic carbocycles. The van der Waals surface area contributed by atoms with E-state index < -0.39 is 0 Å². The average Bonchev–Trinajstić information content (AvgIpc) is 3.35. The summed E-state index contributed by atoms with van der Waals surface area (Å²) in [5.74, 6) is 1.64. The summed E-state index contributed by atoms with van der Waals surface area (Å²) in [5.41, 5.74) is 1.93. The van der Waals surface area contributed by atoms with Gasteiger partial charge in [0.25, 0.3) is 11.8 Å². The number of aryl methyl sites for hydroxylation is 1. The Morgan fingerprint density at radius 1 is 1.19 bits per heavy atom. The van der Waals surface area contributed by atoms with Gasteiger partial charge in [-0.2, -0.15) is 0 Å². The van der Waals surface area contributed by atoms with Crippen LogP contribution in [-0.2, 0) is 16.0 Å². The Morgan fingerprint density at radius 2 is 1.94 bits per heavy atom. The lowest BCUT2D eigenvalue weighted by Gasteiger charge is -2.33. The highest BCUT2D eigenvalue weighted by Crippen LogP contribution is 2.25. The number of carbonyl (C=O) groups is 2. The van der Waals surface area contributed by atoms with Crippen LogP contribution in [0.25, 0.3) is 0 Å². The maximum absolute atomic E-state index is 12.9. The first kappa shape index (κ1) is 22.2. The van der Waals surface area contributed by atoms with Gasteiger partial charge in [0.2, 0.25) is 0 Å². The van der Waals surface area contributed by atoms with E-state index in [2.05, 4.69) is 15.3 Å². The molecule has 2 aromatic rings. The minimum absolute atomic E-state index is 0.124. The fraction of sp³-hybridized carbons (Fsp3) is 0.500. The zero-order chi connectivity index (χ0) is 22.5. The molecule has 0 saturated carbocycles. The highest BCUT2D eigenvalue weighted by atomic mass is 16.5. The molecule has 0 bridgehead atoms. The van der Waals surface area contributed by atoms with Crippen LogP contribution in [0.1, 0.15) is 47.6 Å². The zero-order valence-electron chi connectivity index (χ0n) is 18.7. The summed E-state index contributed by atoms with van der Waals surface area (Å²) in [6.45, 7) is 3.96. The third kappa shape index (κ3) is 5.24. The van der Waals surface area contributed by atoms with E-state index in [1.54, 1.807) is 37.6 Å². The molecule has 1 aromatic heterocycles. The fourth-order valence-corrected chi connectivity index (χ4v) is 4.34. The molecule has 2 amide bonds. The van der Waals surface area contributed by atoms with Crippen molar-refractivity contribution in [3.63, 3.8) is 0 Å². The van der Waals surface area contributed by atoms with Gasteiger partial charge >= 0.3 is 0 Å². The van der Waals surface area contributed by atoms with Crippen LogP contribution in [-0.4, -0.2) is 59.6 Å². The Morgan fingerprint density at radius 3 is 2.59 bits per heavy atom. The number of rotatable bonds is 6. The van der Waals surface area contributed by atoms with E-state index in [0.717, 1.165) is 50.2 Å². The highest BCUT2D eigenvalue weighted by molar-refractivity contribution is 6.04. The first-order valence-electron chi connectivity index (χ1n) is 11.2. The van der Waals surface area contributed by atoms with Crippen LogP contribution in [0.4, 0.5) is 5.69 Å². The molecule has 8 nitrogen and oxygen atoms in total. The third-order valence-electron chi connectivity index (χ3n) is 6.19. The lowest BCUT2D eigenvalue weighted by Crippen LogP contribution is -2.44. The van der Waals surface area contributed by atoms with Crippen LogP contribution < -0.4 is 10.1 Å². The second-order valence-corrected chi connectivity index (χ2v) is 8.43. The van der Waals surface area contributed by atoms with E-state index in [1.165, 1.54) is 0 Å². The molecule has 32 heavy (non-hydrogen) atoms. The summed E-state index contributed by atoms with van der Waals surface area (Å²) < 4.78 is 10.7. The second-order valence-electron chi connectivity index (χ2n) is 8.43. The van der Waals surface area contributed by atoms with Gasteiger partial charge in [0, 0.05) is 31.6 Å². The van der Waals surface area contributed by atoms with Gasteiger partial charge in [-0.3, -0.25) is 9.59 Å². The van der Waals surface area contributed by atoms with Crippen molar-refractivity contribution in [1.29, 1.82) is 0 Å². The number of anilines is 1. The van der Waals surface area contributed by atoms with Crippen LogP contribution in [0.5, 0.6) is 5.75 Å². The molecule has 2 fully saturated rings. The predicted molar refractivity (Wildman–Crippen MR) is 120 cm³/mol. The van der Waals surface area contributed by atoms with Crippen molar-refractivity contribution in [2.75, 3.05) is 32.1 Å².